The Morgan fingerprint density at radius 3 is 1.86 bits per heavy atom. The summed E-state index contributed by atoms with van der Waals surface area (Å²) >= 11 is 0. The van der Waals surface area contributed by atoms with Gasteiger partial charge in [0, 0.05) is 88.7 Å². The normalized spacial score (nSPS) is 53.9. The third kappa shape index (κ3) is 8.53. The van der Waals surface area contributed by atoms with Crippen LogP contribution in [-0.2, 0) is 52.2 Å². The molecule has 0 aromatic heterocycles. The molecule has 14 nitrogen and oxygen atoms in total. The zero-order valence-corrected chi connectivity index (χ0v) is 40.7. The second kappa shape index (κ2) is 18.1. The van der Waals surface area contributed by atoms with Crippen molar-refractivity contribution in [2.45, 2.75) is 198 Å². The van der Waals surface area contributed by atoms with Crippen LogP contribution in [0, 0.1) is 47.3 Å². The van der Waals surface area contributed by atoms with Crippen LogP contribution < -0.4 is 34.7 Å². The van der Waals surface area contributed by atoms with Gasteiger partial charge in [-0.25, -0.2) is 0 Å². The summed E-state index contributed by atoms with van der Waals surface area (Å²) in [6, 6.07) is 0. The number of aliphatic carboxylic acids is 1. The molecule has 1 spiro atoms. The van der Waals surface area contributed by atoms with E-state index < -0.39 is 76.9 Å². The minimum atomic E-state index is -2.01. The number of carbonyl (C=O) groups is 1. The quantitative estimate of drug-likeness (QED) is 0.280. The Balaban J connectivity index is 0.00000661. The van der Waals surface area contributed by atoms with Gasteiger partial charge in [-0.2, -0.15) is 0 Å². The number of carboxylic acid groups (broad SMARTS) is 1. The molecule has 0 aliphatic carbocycles. The largest absolute Gasteiger partial charge is 1.00 e. The standard InChI is InChI=1S/C44H76O14.Na/c1-21-29(49-12)20-43(56-31(21)22(2)32-23(3)34(51-14)27(7)44(48,57-32)28(8)39(45)46)19-18-40(9,58-43)30-16-17-41(10,54-30)38-25(5)35(52-15)37(53-38)36-24(4)33(50-13)26(6)42(11,47)55-36;/h21-38,47-48H,16-20H2,1-15H3,(H,45,46);/q;+1/p-1/t21-,22-,23+,24+,25+,26-,27-,28-,29+,30-,31+,32-,33+,34+,35-,36+,37-,38-,40+,41+,42+,43-,44-;/m1./s1. The molecule has 0 saturated carbocycles. The first-order valence-electron chi connectivity index (χ1n) is 21.8. The molecule has 0 unspecified atom stereocenters. The van der Waals surface area contributed by atoms with Gasteiger partial charge in [0.1, 0.15) is 6.10 Å². The summed E-state index contributed by atoms with van der Waals surface area (Å²) in [6.07, 6.45) is -0.310. The fourth-order valence-electron chi connectivity index (χ4n) is 12.5. The van der Waals surface area contributed by atoms with E-state index in [0.717, 1.165) is 12.8 Å². The van der Waals surface area contributed by atoms with Crippen molar-refractivity contribution in [3.05, 3.63) is 0 Å². The summed E-state index contributed by atoms with van der Waals surface area (Å²) in [7, 11) is 6.67. The maximum absolute atomic E-state index is 12.1. The Kier molecular flexibility index (Phi) is 15.3. The second-order valence-electron chi connectivity index (χ2n) is 19.9. The van der Waals surface area contributed by atoms with Crippen molar-refractivity contribution in [2.24, 2.45) is 47.3 Å². The molecule has 336 valence electrons. The fourth-order valence-corrected chi connectivity index (χ4v) is 12.5. The van der Waals surface area contributed by atoms with Gasteiger partial charge in [0.2, 0.25) is 0 Å². The Morgan fingerprint density at radius 1 is 0.695 bits per heavy atom. The SMILES string of the molecule is CO[C@@H]1[C@H](C)[C@H]([C@]2(C)CC[C@H]([C@]3(C)CC[C@]4(C[C@H](OC)[C@@H](C)[C@@H]([C@@H](C)[C@H]5O[C@@](O)([C@H](C)C(=O)[O-])[C@H](C)[C@@H](OC)[C@H]5C)O4)O3)O2)O[C@H]1[C@H]1O[C@](C)(O)[C@H](C)[C@@H](OC)[C@@H]1C.[Na+]. The first-order chi connectivity index (χ1) is 27.0. The topological polar surface area (TPSA) is 173 Å². The van der Waals surface area contributed by atoms with Gasteiger partial charge in [0.05, 0.1) is 72.1 Å². The van der Waals surface area contributed by atoms with E-state index in [9.17, 15) is 20.1 Å². The molecule has 6 rings (SSSR count). The van der Waals surface area contributed by atoms with Crippen molar-refractivity contribution in [1.82, 2.24) is 0 Å². The Labute approximate surface area is 374 Å². The van der Waals surface area contributed by atoms with Crippen LogP contribution in [-0.4, -0.2) is 134 Å². The number of hydrogen-bond donors (Lipinski definition) is 2. The van der Waals surface area contributed by atoms with Crippen LogP contribution in [0.2, 0.25) is 0 Å². The van der Waals surface area contributed by atoms with Gasteiger partial charge in [0.15, 0.2) is 17.4 Å². The van der Waals surface area contributed by atoms with E-state index in [0.29, 0.717) is 19.3 Å². The summed E-state index contributed by atoms with van der Waals surface area (Å²) in [5.41, 5.74) is -1.33. The first kappa shape index (κ1) is 50.0. The van der Waals surface area contributed by atoms with Crippen LogP contribution in [0.5, 0.6) is 0 Å². The van der Waals surface area contributed by atoms with Gasteiger partial charge in [-0.3, -0.25) is 0 Å². The summed E-state index contributed by atoms with van der Waals surface area (Å²) in [4.78, 5) is 12.1. The van der Waals surface area contributed by atoms with E-state index in [2.05, 4.69) is 34.6 Å². The average Bonchev–Trinajstić information content (AvgIpc) is 3.85. The minimum Gasteiger partial charge on any atom is -0.550 e. The van der Waals surface area contributed by atoms with Crippen LogP contribution >= 0.6 is 0 Å². The number of rotatable bonds is 11. The van der Waals surface area contributed by atoms with Crippen LogP contribution in [0.25, 0.3) is 0 Å². The first-order valence-corrected chi connectivity index (χ1v) is 21.8. The van der Waals surface area contributed by atoms with E-state index >= 15 is 0 Å². The number of carboxylic acids is 1. The molecule has 6 aliphatic heterocycles. The molecule has 2 N–H and O–H groups in total. The van der Waals surface area contributed by atoms with Gasteiger partial charge in [-0.1, -0.05) is 55.4 Å². The Morgan fingerprint density at radius 2 is 1.29 bits per heavy atom. The summed E-state index contributed by atoms with van der Waals surface area (Å²) in [5.74, 6) is -8.58. The van der Waals surface area contributed by atoms with Gasteiger partial charge in [-0.15, -0.1) is 0 Å². The number of carbonyl (C=O) groups excluding carboxylic acids is 1. The molecule has 0 aromatic rings. The molecule has 0 radical (unpaired) electrons. The number of hydrogen-bond acceptors (Lipinski definition) is 14. The second-order valence-corrected chi connectivity index (χ2v) is 19.9. The van der Waals surface area contributed by atoms with Crippen molar-refractivity contribution in [3.63, 3.8) is 0 Å². The van der Waals surface area contributed by atoms with Crippen LogP contribution in [0.4, 0.5) is 0 Å². The van der Waals surface area contributed by atoms with Crippen LogP contribution in [0.1, 0.15) is 108 Å². The van der Waals surface area contributed by atoms with Crippen molar-refractivity contribution < 1.29 is 97.0 Å². The summed E-state index contributed by atoms with van der Waals surface area (Å²) in [6.45, 7) is 21.4. The molecule has 59 heavy (non-hydrogen) atoms. The van der Waals surface area contributed by atoms with Gasteiger partial charge < -0.3 is 67.5 Å². The number of aliphatic hydroxyl groups is 2. The van der Waals surface area contributed by atoms with Crippen molar-refractivity contribution in [1.29, 1.82) is 0 Å². The molecule has 0 bridgehead atoms. The average molecular weight is 851 g/mol. The molecule has 6 fully saturated rings. The smallest absolute Gasteiger partial charge is 0.550 e. The molecular formula is C44H75NaO14. The number of methoxy groups -OCH3 is 4. The van der Waals surface area contributed by atoms with Gasteiger partial charge >= 0.3 is 29.6 Å². The van der Waals surface area contributed by atoms with E-state index in [-0.39, 0.29) is 95.6 Å². The molecule has 6 saturated heterocycles. The zero-order valence-electron chi connectivity index (χ0n) is 38.7. The summed E-state index contributed by atoms with van der Waals surface area (Å²) < 4.78 is 65.3. The maximum Gasteiger partial charge on any atom is 1.00 e. The molecule has 6 aliphatic rings. The Hall–Kier alpha value is -0.0100. The monoisotopic (exact) mass is 851 g/mol. The zero-order chi connectivity index (χ0) is 43.1. The van der Waals surface area contributed by atoms with Gasteiger partial charge in [0.25, 0.3) is 0 Å². The fraction of sp³-hybridized carbons (Fsp3) is 0.977. The summed E-state index contributed by atoms with van der Waals surface area (Å²) in [5, 5.41) is 35.2. The third-order valence-electron chi connectivity index (χ3n) is 16.3. The molecule has 0 amide bonds. The molecular weight excluding hydrogens is 775 g/mol. The molecule has 0 aromatic carbocycles. The van der Waals surface area contributed by atoms with Crippen molar-refractivity contribution >= 4 is 5.97 Å². The van der Waals surface area contributed by atoms with Crippen molar-refractivity contribution in [3.8, 4) is 0 Å². The third-order valence-corrected chi connectivity index (χ3v) is 16.3. The minimum absolute atomic E-state index is 0. The molecule has 6 heterocycles. The van der Waals surface area contributed by atoms with Crippen LogP contribution in [0.3, 0.4) is 0 Å². The van der Waals surface area contributed by atoms with E-state index in [1.807, 2.05) is 20.8 Å². The Bertz CT molecular complexity index is 1460. The molecule has 23 atom stereocenters. The van der Waals surface area contributed by atoms with E-state index in [1.54, 1.807) is 42.3 Å². The van der Waals surface area contributed by atoms with Crippen molar-refractivity contribution in [2.75, 3.05) is 28.4 Å². The maximum atomic E-state index is 12.1. The van der Waals surface area contributed by atoms with Crippen LogP contribution in [0.15, 0.2) is 0 Å². The molecule has 15 heteroatoms. The predicted molar refractivity (Wildman–Crippen MR) is 209 cm³/mol. The van der Waals surface area contributed by atoms with E-state index in [1.165, 1.54) is 6.92 Å². The van der Waals surface area contributed by atoms with E-state index in [4.69, 9.17) is 47.4 Å². The van der Waals surface area contributed by atoms with Gasteiger partial charge in [-0.05, 0) is 40.0 Å². The predicted octanol–water partition coefficient (Wildman–Crippen LogP) is 0.843. The number of ether oxygens (including phenoxy) is 10.